The topological polar surface area (TPSA) is 25.8 Å². The van der Waals surface area contributed by atoms with Crippen LogP contribution in [0.2, 0.25) is 0 Å². The quantitative estimate of drug-likeness (QED) is 0.776. The van der Waals surface area contributed by atoms with Gasteiger partial charge in [0.05, 0.1) is 5.69 Å². The molecule has 0 amide bonds. The molecule has 3 aliphatic rings. The van der Waals surface area contributed by atoms with E-state index in [1.807, 2.05) is 6.92 Å². The number of thiazole rings is 1. The van der Waals surface area contributed by atoms with Gasteiger partial charge >= 0.3 is 0 Å². The van der Waals surface area contributed by atoms with E-state index < -0.39 is 0 Å². The van der Waals surface area contributed by atoms with E-state index in [-0.39, 0.29) is 0 Å². The molecule has 2 atom stereocenters. The van der Waals surface area contributed by atoms with Crippen molar-refractivity contribution < 1.29 is 0 Å². The van der Waals surface area contributed by atoms with Crippen LogP contribution in [-0.2, 0) is 6.42 Å². The lowest BCUT2D eigenvalue weighted by Gasteiger charge is -2.56. The molecule has 98 valence electrons. The van der Waals surface area contributed by atoms with Crippen molar-refractivity contribution in [2.45, 2.75) is 39.5 Å². The molecule has 0 aromatic carbocycles. The van der Waals surface area contributed by atoms with Gasteiger partial charge in [0.2, 0.25) is 0 Å². The van der Waals surface area contributed by atoms with Gasteiger partial charge in [0.15, 0.2) is 0 Å². The van der Waals surface area contributed by atoms with Gasteiger partial charge in [-0.15, -0.1) is 11.3 Å². The molecule has 1 fully saturated rings. The second kappa shape index (κ2) is 3.66. The predicted octanol–water partition coefficient (Wildman–Crippen LogP) is 4.20. The summed E-state index contributed by atoms with van der Waals surface area (Å²) in [5, 5.41) is 3.15. The summed E-state index contributed by atoms with van der Waals surface area (Å²) >= 11 is 1.69. The SMILES string of the molecule is Cc1csc(-c2ccc3c(n2)[C@@H]2C[C@H](C3)C2(C)C)n1. The number of aryl methyl sites for hydroxylation is 1. The zero-order valence-electron chi connectivity index (χ0n) is 11.6. The molecule has 0 aliphatic heterocycles. The highest BCUT2D eigenvalue weighted by molar-refractivity contribution is 7.13. The Morgan fingerprint density at radius 2 is 2.11 bits per heavy atom. The smallest absolute Gasteiger partial charge is 0.142 e. The third kappa shape index (κ3) is 1.54. The molecule has 1 saturated carbocycles. The first kappa shape index (κ1) is 11.6. The maximum absolute atomic E-state index is 4.96. The van der Waals surface area contributed by atoms with Crippen LogP contribution in [0.15, 0.2) is 17.5 Å². The summed E-state index contributed by atoms with van der Waals surface area (Å²) in [6.07, 6.45) is 2.54. The Morgan fingerprint density at radius 1 is 1.26 bits per heavy atom. The molecule has 0 N–H and O–H groups in total. The average Bonchev–Trinajstić information content (AvgIpc) is 2.83. The minimum atomic E-state index is 0.442. The summed E-state index contributed by atoms with van der Waals surface area (Å²) in [6.45, 7) is 6.84. The number of hydrogen-bond acceptors (Lipinski definition) is 3. The molecule has 2 heterocycles. The van der Waals surface area contributed by atoms with Gasteiger partial charge in [0, 0.05) is 22.7 Å². The monoisotopic (exact) mass is 270 g/mol. The Kier molecular flexibility index (Phi) is 2.23. The maximum atomic E-state index is 4.96. The van der Waals surface area contributed by atoms with Gasteiger partial charge in [-0.05, 0) is 42.7 Å². The van der Waals surface area contributed by atoms with E-state index >= 15 is 0 Å². The van der Waals surface area contributed by atoms with Crippen molar-refractivity contribution in [2.24, 2.45) is 11.3 Å². The molecule has 2 bridgehead atoms. The zero-order chi connectivity index (χ0) is 13.2. The second-order valence-electron chi connectivity index (χ2n) is 6.55. The second-order valence-corrected chi connectivity index (χ2v) is 7.40. The molecule has 3 aliphatic carbocycles. The van der Waals surface area contributed by atoms with Crippen LogP contribution in [0, 0.1) is 18.3 Å². The van der Waals surface area contributed by atoms with Crippen LogP contribution in [0.25, 0.3) is 10.7 Å². The Hall–Kier alpha value is -1.22. The van der Waals surface area contributed by atoms with Crippen LogP contribution in [0.4, 0.5) is 0 Å². The van der Waals surface area contributed by atoms with Crippen molar-refractivity contribution in [2.75, 3.05) is 0 Å². The van der Waals surface area contributed by atoms with E-state index in [0.717, 1.165) is 22.3 Å². The minimum Gasteiger partial charge on any atom is -0.250 e. The number of nitrogens with zero attached hydrogens (tertiary/aromatic N) is 2. The van der Waals surface area contributed by atoms with Crippen molar-refractivity contribution in [1.82, 2.24) is 9.97 Å². The van der Waals surface area contributed by atoms with E-state index in [2.05, 4.69) is 36.3 Å². The third-order valence-electron chi connectivity index (χ3n) is 5.12. The van der Waals surface area contributed by atoms with Crippen LogP contribution in [-0.4, -0.2) is 9.97 Å². The normalized spacial score (nSPS) is 26.7. The van der Waals surface area contributed by atoms with Crippen LogP contribution < -0.4 is 0 Å². The lowest BCUT2D eigenvalue weighted by Crippen LogP contribution is -2.48. The molecule has 0 radical (unpaired) electrons. The number of hydrogen-bond donors (Lipinski definition) is 0. The van der Waals surface area contributed by atoms with Gasteiger partial charge < -0.3 is 0 Å². The first-order valence-electron chi connectivity index (χ1n) is 6.98. The maximum Gasteiger partial charge on any atom is 0.142 e. The van der Waals surface area contributed by atoms with Crippen LogP contribution in [0.3, 0.4) is 0 Å². The van der Waals surface area contributed by atoms with Crippen LogP contribution >= 0.6 is 11.3 Å². The van der Waals surface area contributed by atoms with E-state index in [1.54, 1.807) is 11.3 Å². The fourth-order valence-electron chi connectivity index (χ4n) is 3.66. The molecule has 0 unspecified atom stereocenters. The van der Waals surface area contributed by atoms with Crippen molar-refractivity contribution in [3.63, 3.8) is 0 Å². The molecule has 3 heteroatoms. The van der Waals surface area contributed by atoms with E-state index in [4.69, 9.17) is 4.98 Å². The van der Waals surface area contributed by atoms with Crippen molar-refractivity contribution in [3.8, 4) is 10.7 Å². The molecule has 0 spiro atoms. The largest absolute Gasteiger partial charge is 0.250 e. The molecule has 2 nitrogen and oxygen atoms in total. The number of aromatic nitrogens is 2. The first-order chi connectivity index (χ1) is 9.05. The minimum absolute atomic E-state index is 0.442. The summed E-state index contributed by atoms with van der Waals surface area (Å²) in [4.78, 5) is 9.52. The van der Waals surface area contributed by atoms with Crippen LogP contribution in [0.1, 0.15) is 43.1 Å². The standard InChI is InChI=1S/C16H18N2S/c1-9-8-19-15(17-9)13-5-4-10-6-11-7-12(14(10)18-13)16(11,2)3/h4-5,8,11-12H,6-7H2,1-3H3/t11-,12-/m0/s1. The van der Waals surface area contributed by atoms with Gasteiger partial charge in [-0.1, -0.05) is 19.9 Å². The lowest BCUT2D eigenvalue weighted by molar-refractivity contribution is 0.0156. The van der Waals surface area contributed by atoms with E-state index in [0.29, 0.717) is 11.3 Å². The first-order valence-corrected chi connectivity index (χ1v) is 7.86. The van der Waals surface area contributed by atoms with Crippen molar-refractivity contribution in [3.05, 3.63) is 34.5 Å². The highest BCUT2D eigenvalue weighted by Crippen LogP contribution is 2.61. The fourth-order valence-corrected chi connectivity index (χ4v) is 4.43. The van der Waals surface area contributed by atoms with Crippen molar-refractivity contribution >= 4 is 11.3 Å². The van der Waals surface area contributed by atoms with Gasteiger partial charge in [-0.25, -0.2) is 9.97 Å². The molecule has 2 aromatic heterocycles. The number of pyridine rings is 1. The van der Waals surface area contributed by atoms with E-state index in [9.17, 15) is 0 Å². The summed E-state index contributed by atoms with van der Waals surface area (Å²) in [6, 6.07) is 4.43. The van der Waals surface area contributed by atoms with Crippen LogP contribution in [0.5, 0.6) is 0 Å². The molecule has 0 saturated heterocycles. The summed E-state index contributed by atoms with van der Waals surface area (Å²) in [5.74, 6) is 1.52. The summed E-state index contributed by atoms with van der Waals surface area (Å²) in [7, 11) is 0. The molecular formula is C16H18N2S. The number of rotatable bonds is 1. The average molecular weight is 270 g/mol. The zero-order valence-corrected chi connectivity index (χ0v) is 12.4. The third-order valence-corrected chi connectivity index (χ3v) is 6.10. The highest BCUT2D eigenvalue weighted by Gasteiger charge is 2.53. The Bertz CT molecular complexity index is 657. The van der Waals surface area contributed by atoms with Crippen molar-refractivity contribution in [1.29, 1.82) is 0 Å². The molecular weight excluding hydrogens is 252 g/mol. The van der Waals surface area contributed by atoms with Gasteiger partial charge in [-0.3, -0.25) is 0 Å². The molecule has 2 aromatic rings. The lowest BCUT2D eigenvalue weighted by atomic mass is 9.48. The van der Waals surface area contributed by atoms with Gasteiger partial charge in [0.1, 0.15) is 5.01 Å². The van der Waals surface area contributed by atoms with Gasteiger partial charge in [-0.2, -0.15) is 0 Å². The Morgan fingerprint density at radius 3 is 2.79 bits per heavy atom. The highest BCUT2D eigenvalue weighted by atomic mass is 32.1. The summed E-state index contributed by atoms with van der Waals surface area (Å²) in [5.41, 5.74) is 5.40. The summed E-state index contributed by atoms with van der Waals surface area (Å²) < 4.78 is 0. The van der Waals surface area contributed by atoms with E-state index in [1.165, 1.54) is 24.1 Å². The Labute approximate surface area is 117 Å². The Balaban J connectivity index is 1.80. The molecule has 19 heavy (non-hydrogen) atoms. The fraction of sp³-hybridized carbons (Fsp3) is 0.500. The van der Waals surface area contributed by atoms with Gasteiger partial charge in [0.25, 0.3) is 0 Å². The predicted molar refractivity (Wildman–Crippen MR) is 78.4 cm³/mol. The molecule has 5 rings (SSSR count).